The number of amides is 2. The molecule has 2 aliphatic heterocycles. The Bertz CT molecular complexity index is 1620. The molecule has 6 nitrogen and oxygen atoms in total. The van der Waals surface area contributed by atoms with E-state index in [2.05, 4.69) is 6.92 Å². The van der Waals surface area contributed by atoms with Crippen LogP contribution >= 0.6 is 11.8 Å². The molecular weight excluding hydrogens is 554 g/mol. The summed E-state index contributed by atoms with van der Waals surface area (Å²) in [6.07, 6.45) is 1.85. The quantitative estimate of drug-likeness (QED) is 0.266. The number of halogens is 2. The van der Waals surface area contributed by atoms with Crippen LogP contribution in [0.3, 0.4) is 0 Å². The number of benzene rings is 3. The Morgan fingerprint density at radius 3 is 2.40 bits per heavy atom. The standard InChI is InChI=1S/C33H32F2N4O2S/c1-21-8-11-25(12-9-21)39-33-30(31(36-39)23-6-4-3-5-7-23)32(26-13-10-24(34)18-27(26)35)42-20-29(41)38(33)19-28(40)37-16-14-22(2)15-17-37/h3-13,18,22,32H,14-17,19-20H2,1-2H3/t32-/m0/s1. The van der Waals surface area contributed by atoms with Gasteiger partial charge in [-0.3, -0.25) is 14.5 Å². The molecule has 4 aromatic rings. The van der Waals surface area contributed by atoms with E-state index in [0.717, 1.165) is 30.0 Å². The van der Waals surface area contributed by atoms with Crippen LogP contribution in [-0.4, -0.2) is 51.9 Å². The molecule has 2 amide bonds. The minimum absolute atomic E-state index is 0.0165. The topological polar surface area (TPSA) is 58.4 Å². The van der Waals surface area contributed by atoms with Crippen molar-refractivity contribution < 1.29 is 18.4 Å². The fourth-order valence-electron chi connectivity index (χ4n) is 5.65. The minimum Gasteiger partial charge on any atom is -0.341 e. The fraction of sp³-hybridized carbons (Fsp3) is 0.303. The van der Waals surface area contributed by atoms with Crippen molar-refractivity contribution in [1.82, 2.24) is 14.7 Å². The maximum absolute atomic E-state index is 15.4. The third-order valence-electron chi connectivity index (χ3n) is 8.09. The first-order chi connectivity index (χ1) is 20.3. The first kappa shape index (κ1) is 28.2. The monoisotopic (exact) mass is 586 g/mol. The number of hydrogen-bond donors (Lipinski definition) is 0. The first-order valence-electron chi connectivity index (χ1n) is 14.2. The number of thioether (sulfide) groups is 1. The molecule has 0 N–H and O–H groups in total. The SMILES string of the molecule is Cc1ccc(-n2nc(-c3ccccc3)c3c2N(CC(=O)N2CCC(C)CC2)C(=O)CS[C@H]3c2ccc(F)cc2F)cc1. The lowest BCUT2D eigenvalue weighted by Crippen LogP contribution is -2.46. The van der Waals surface area contributed by atoms with Gasteiger partial charge in [-0.1, -0.05) is 61.0 Å². The number of carbonyl (C=O) groups excluding carboxylic acids is 2. The minimum atomic E-state index is -0.694. The Kier molecular flexibility index (Phi) is 7.86. The van der Waals surface area contributed by atoms with Gasteiger partial charge in [-0.2, -0.15) is 5.10 Å². The number of carbonyl (C=O) groups is 2. The van der Waals surface area contributed by atoms with Crippen molar-refractivity contribution in [3.8, 4) is 16.9 Å². The first-order valence-corrected chi connectivity index (χ1v) is 15.2. The summed E-state index contributed by atoms with van der Waals surface area (Å²) in [6.45, 7) is 5.33. The van der Waals surface area contributed by atoms with Gasteiger partial charge in [0.25, 0.3) is 0 Å². The highest BCUT2D eigenvalue weighted by Crippen LogP contribution is 2.49. The summed E-state index contributed by atoms with van der Waals surface area (Å²) in [5.74, 6) is -0.760. The molecule has 3 aromatic carbocycles. The largest absolute Gasteiger partial charge is 0.341 e. The van der Waals surface area contributed by atoms with Crippen molar-refractivity contribution in [1.29, 1.82) is 0 Å². The molecule has 0 bridgehead atoms. The Hall–Kier alpha value is -3.98. The second kappa shape index (κ2) is 11.7. The molecule has 2 aliphatic rings. The summed E-state index contributed by atoms with van der Waals surface area (Å²) in [4.78, 5) is 30.9. The van der Waals surface area contributed by atoms with Gasteiger partial charge in [0.15, 0.2) is 0 Å². The maximum atomic E-state index is 15.4. The van der Waals surface area contributed by atoms with Gasteiger partial charge in [0.1, 0.15) is 24.0 Å². The van der Waals surface area contributed by atoms with Gasteiger partial charge < -0.3 is 4.90 Å². The number of nitrogens with zero attached hydrogens (tertiary/aromatic N) is 4. The van der Waals surface area contributed by atoms with Crippen LogP contribution in [0.25, 0.3) is 16.9 Å². The van der Waals surface area contributed by atoms with Crippen LogP contribution in [0.1, 0.15) is 41.7 Å². The number of rotatable bonds is 5. The van der Waals surface area contributed by atoms with Gasteiger partial charge >= 0.3 is 0 Å². The van der Waals surface area contributed by atoms with Crippen molar-refractivity contribution in [2.24, 2.45) is 5.92 Å². The average molecular weight is 587 g/mol. The van der Waals surface area contributed by atoms with Gasteiger partial charge in [0.05, 0.1) is 22.4 Å². The molecule has 1 fully saturated rings. The van der Waals surface area contributed by atoms with Gasteiger partial charge in [-0.15, -0.1) is 11.8 Å². The molecule has 0 saturated carbocycles. The summed E-state index contributed by atoms with van der Waals surface area (Å²) in [7, 11) is 0. The molecule has 9 heteroatoms. The number of aryl methyl sites for hydroxylation is 1. The number of likely N-dealkylation sites (tertiary alicyclic amines) is 1. The van der Waals surface area contributed by atoms with E-state index in [1.165, 1.54) is 28.8 Å². The van der Waals surface area contributed by atoms with E-state index < -0.39 is 16.9 Å². The molecule has 1 aromatic heterocycles. The zero-order valence-corrected chi connectivity index (χ0v) is 24.4. The number of fused-ring (bicyclic) bond motifs is 1. The molecule has 0 radical (unpaired) electrons. The number of hydrogen-bond acceptors (Lipinski definition) is 4. The molecule has 42 heavy (non-hydrogen) atoms. The summed E-state index contributed by atoms with van der Waals surface area (Å²) in [5, 5.41) is 4.36. The molecule has 1 atom stereocenters. The Labute approximate surface area is 248 Å². The third kappa shape index (κ3) is 5.45. The molecule has 0 unspecified atom stereocenters. The van der Waals surface area contributed by atoms with Crippen LogP contribution in [0, 0.1) is 24.5 Å². The van der Waals surface area contributed by atoms with Gasteiger partial charge in [0.2, 0.25) is 11.8 Å². The van der Waals surface area contributed by atoms with E-state index in [1.54, 1.807) is 4.68 Å². The predicted molar refractivity (Wildman–Crippen MR) is 162 cm³/mol. The lowest BCUT2D eigenvalue weighted by molar-refractivity contribution is -0.132. The zero-order chi connectivity index (χ0) is 29.4. The lowest BCUT2D eigenvalue weighted by atomic mass is 9.98. The lowest BCUT2D eigenvalue weighted by Gasteiger charge is -2.32. The zero-order valence-electron chi connectivity index (χ0n) is 23.6. The van der Waals surface area contributed by atoms with E-state index in [1.807, 2.05) is 66.4 Å². The van der Waals surface area contributed by atoms with Crippen molar-refractivity contribution in [3.05, 3.63) is 101 Å². The smallest absolute Gasteiger partial charge is 0.242 e. The highest BCUT2D eigenvalue weighted by Gasteiger charge is 2.39. The molecule has 0 aliphatic carbocycles. The molecule has 6 rings (SSSR count). The number of aromatic nitrogens is 2. The fourth-order valence-corrected chi connectivity index (χ4v) is 6.87. The Morgan fingerprint density at radius 1 is 1.00 bits per heavy atom. The summed E-state index contributed by atoms with van der Waals surface area (Å²) in [6, 6.07) is 20.8. The van der Waals surface area contributed by atoms with E-state index >= 15 is 4.39 Å². The van der Waals surface area contributed by atoms with Gasteiger partial charge in [-0.25, -0.2) is 13.5 Å². The number of anilines is 1. The van der Waals surface area contributed by atoms with Crippen molar-refractivity contribution in [3.63, 3.8) is 0 Å². The van der Waals surface area contributed by atoms with E-state index in [4.69, 9.17) is 5.10 Å². The second-order valence-electron chi connectivity index (χ2n) is 11.1. The van der Waals surface area contributed by atoms with E-state index in [-0.39, 0.29) is 29.7 Å². The number of piperidine rings is 1. The molecular formula is C33H32F2N4O2S. The molecule has 216 valence electrons. The van der Waals surface area contributed by atoms with E-state index in [9.17, 15) is 14.0 Å². The van der Waals surface area contributed by atoms with Crippen molar-refractivity contribution in [2.45, 2.75) is 31.9 Å². The van der Waals surface area contributed by atoms with Crippen LogP contribution in [-0.2, 0) is 9.59 Å². The Morgan fingerprint density at radius 2 is 1.71 bits per heavy atom. The van der Waals surface area contributed by atoms with Crippen LogP contribution in [0.4, 0.5) is 14.6 Å². The normalized spacial score (nSPS) is 17.7. The Balaban J connectivity index is 1.57. The van der Waals surface area contributed by atoms with Crippen LogP contribution in [0.15, 0.2) is 72.8 Å². The van der Waals surface area contributed by atoms with Crippen LogP contribution < -0.4 is 4.90 Å². The summed E-state index contributed by atoms with van der Waals surface area (Å²) < 4.78 is 31.1. The van der Waals surface area contributed by atoms with E-state index in [0.29, 0.717) is 41.8 Å². The maximum Gasteiger partial charge on any atom is 0.242 e. The molecule has 1 saturated heterocycles. The van der Waals surface area contributed by atoms with Gasteiger partial charge in [-0.05, 0) is 43.9 Å². The summed E-state index contributed by atoms with van der Waals surface area (Å²) >= 11 is 1.26. The van der Waals surface area contributed by atoms with Crippen LogP contribution in [0.2, 0.25) is 0 Å². The molecule has 3 heterocycles. The predicted octanol–water partition coefficient (Wildman–Crippen LogP) is 6.55. The second-order valence-corrected chi connectivity index (χ2v) is 12.2. The average Bonchev–Trinajstić information content (AvgIpc) is 3.31. The molecule has 0 spiro atoms. The van der Waals surface area contributed by atoms with Crippen LogP contribution in [0.5, 0.6) is 0 Å². The van der Waals surface area contributed by atoms with Gasteiger partial charge in [0, 0.05) is 35.8 Å². The summed E-state index contributed by atoms with van der Waals surface area (Å²) in [5.41, 5.74) is 4.01. The third-order valence-corrected chi connectivity index (χ3v) is 9.33. The van der Waals surface area contributed by atoms with Crippen molar-refractivity contribution >= 4 is 29.4 Å². The highest BCUT2D eigenvalue weighted by atomic mass is 32.2. The van der Waals surface area contributed by atoms with Crippen molar-refractivity contribution in [2.75, 3.05) is 30.3 Å². The highest BCUT2D eigenvalue weighted by molar-refractivity contribution is 8.00.